The fourth-order valence-corrected chi connectivity index (χ4v) is 0. The monoisotopic (exact) mass is 92.0 g/mol. The zero-order valence-corrected chi connectivity index (χ0v) is 3.42. The lowest BCUT2D eigenvalue weighted by molar-refractivity contribution is 1.60. The summed E-state index contributed by atoms with van der Waals surface area (Å²) >= 11 is 4.14. The van der Waals surface area contributed by atoms with E-state index in [2.05, 4.69) is 23.6 Å². The Balaban J connectivity index is 0. The summed E-state index contributed by atoms with van der Waals surface area (Å²) in [6, 6.07) is 0. The molecule has 0 amide bonds. The summed E-state index contributed by atoms with van der Waals surface area (Å²) in [5.74, 6) is 1.75. The number of nitrogens with one attached hydrogen (secondary N) is 1. The van der Waals surface area contributed by atoms with Crippen LogP contribution in [-0.4, -0.2) is 5.87 Å². The third kappa shape index (κ3) is 119. The summed E-state index contributed by atoms with van der Waals surface area (Å²) in [5.41, 5.74) is 0. The first-order chi connectivity index (χ1) is 2.41. The molecule has 0 aliphatic rings. The summed E-state index contributed by atoms with van der Waals surface area (Å²) in [4.78, 5) is 0. The Morgan fingerprint density at radius 1 is 1.80 bits per heavy atom. The van der Waals surface area contributed by atoms with Crippen LogP contribution in [0.15, 0.2) is 6.58 Å². The summed E-state index contributed by atoms with van der Waals surface area (Å²) in [6.07, 6.45) is 0. The van der Waals surface area contributed by atoms with Crippen LogP contribution in [0.3, 0.4) is 0 Å². The van der Waals surface area contributed by atoms with Crippen molar-refractivity contribution in [3.63, 3.8) is 0 Å². The molecule has 0 radical (unpaired) electrons. The zero-order chi connectivity index (χ0) is 4.71. The van der Waals surface area contributed by atoms with Crippen molar-refractivity contribution in [2.24, 2.45) is 5.25 Å². The quantitative estimate of drug-likeness (QED) is 0.332. The Labute approximate surface area is 35.9 Å². The lowest BCUT2D eigenvalue weighted by atomic mass is 11.2. The van der Waals surface area contributed by atoms with Crippen LogP contribution in [-0.2, 0) is 0 Å². The van der Waals surface area contributed by atoms with Crippen LogP contribution in [0.2, 0.25) is 0 Å². The molecule has 0 spiro atoms. The van der Waals surface area contributed by atoms with Gasteiger partial charge in [0.25, 0.3) is 0 Å². The van der Waals surface area contributed by atoms with E-state index in [1.54, 1.807) is 5.87 Å². The molecule has 0 unspecified atom stereocenters. The van der Waals surface area contributed by atoms with Gasteiger partial charge in [-0.1, -0.05) is 0 Å². The number of hydrogen-bond acceptors (Lipinski definition) is 2. The molecule has 0 aliphatic carbocycles. The molecule has 0 aromatic heterocycles. The van der Waals surface area contributed by atoms with E-state index in [1.165, 1.54) is 0 Å². The van der Waals surface area contributed by atoms with E-state index in [1.807, 2.05) is 0 Å². The van der Waals surface area contributed by atoms with Gasteiger partial charge in [0, 0.05) is 0 Å². The van der Waals surface area contributed by atoms with E-state index in [-0.39, 0.29) is 0 Å². The van der Waals surface area contributed by atoms with Crippen molar-refractivity contribution in [1.82, 2.24) is 0 Å². The first-order valence-electron chi connectivity index (χ1n) is 0.822. The van der Waals surface area contributed by atoms with Gasteiger partial charge in [0.2, 0.25) is 0 Å². The molecule has 0 aliphatic heterocycles. The second kappa shape index (κ2) is 55.0. The van der Waals surface area contributed by atoms with Crippen LogP contribution in [0.4, 0.5) is 0 Å². The van der Waals surface area contributed by atoms with Gasteiger partial charge < -0.3 is 0 Å². The molecule has 0 fully saturated rings. The Morgan fingerprint density at radius 3 is 1.80 bits per heavy atom. The summed E-state index contributed by atoms with van der Waals surface area (Å²) in [7, 11) is 0. The highest BCUT2D eigenvalue weighted by Crippen LogP contribution is 1.15. The van der Waals surface area contributed by atoms with E-state index in [0.29, 0.717) is 0 Å². The van der Waals surface area contributed by atoms with Crippen molar-refractivity contribution < 1.29 is 0 Å². The van der Waals surface area contributed by atoms with Gasteiger partial charge in [0.15, 0.2) is 0 Å². The van der Waals surface area contributed by atoms with Crippen molar-refractivity contribution in [3.05, 3.63) is 6.58 Å². The highest BCUT2D eigenvalue weighted by molar-refractivity contribution is 6.11. The van der Waals surface area contributed by atoms with Crippen LogP contribution in [0.5, 0.6) is 0 Å². The van der Waals surface area contributed by atoms with Crippen LogP contribution in [0.25, 0.3) is 0 Å². The minimum Gasteiger partial charge on any atom is -0.259 e. The van der Waals surface area contributed by atoms with Gasteiger partial charge in [0.05, 0.1) is 0 Å². The Hall–Kier alpha value is -0.300. The van der Waals surface area contributed by atoms with Gasteiger partial charge in [-0.25, -0.2) is 5.25 Å². The SMILES string of the molecule is C=C=N.NCl. The van der Waals surface area contributed by atoms with Crippen molar-refractivity contribution in [1.29, 1.82) is 5.41 Å². The lowest BCUT2D eigenvalue weighted by Gasteiger charge is -1.14. The van der Waals surface area contributed by atoms with E-state index in [0.717, 1.165) is 0 Å². The van der Waals surface area contributed by atoms with Crippen LogP contribution in [0, 0.1) is 5.41 Å². The average molecular weight is 92.5 g/mol. The molecule has 0 saturated heterocycles. The van der Waals surface area contributed by atoms with E-state index >= 15 is 0 Å². The maximum absolute atomic E-state index is 5.85. The molecule has 2 nitrogen and oxygen atoms in total. The van der Waals surface area contributed by atoms with Crippen LogP contribution in [0.1, 0.15) is 0 Å². The second-order valence-corrected chi connectivity index (χ2v) is 0.177. The molecular weight excluding hydrogens is 87.5 g/mol. The van der Waals surface area contributed by atoms with E-state index in [9.17, 15) is 0 Å². The predicted molar refractivity (Wildman–Crippen MR) is 23.4 cm³/mol. The molecule has 3 N–H and O–H groups in total. The predicted octanol–water partition coefficient (Wildman–Crippen LogP) is 0.520. The molecule has 0 aromatic carbocycles. The van der Waals surface area contributed by atoms with Crippen LogP contribution < -0.4 is 5.25 Å². The highest BCUT2D eigenvalue weighted by Gasteiger charge is 0.918. The third-order valence-corrected chi connectivity index (χ3v) is 0. The van der Waals surface area contributed by atoms with Gasteiger partial charge >= 0.3 is 0 Å². The molecule has 0 atom stereocenters. The standard InChI is InChI=1S/C2H3N.ClH2N/c1-2-3;1-2/h3H,1H2;2H2. The molecule has 3 heteroatoms. The average Bonchev–Trinajstić information content (AvgIpc) is 1.46. The molecule has 0 rings (SSSR count). The molecule has 5 heavy (non-hydrogen) atoms. The first-order valence-corrected chi connectivity index (χ1v) is 1.26. The molecule has 0 aromatic rings. The third-order valence-electron chi connectivity index (χ3n) is 0. The maximum atomic E-state index is 5.85. The van der Waals surface area contributed by atoms with Crippen LogP contribution >= 0.6 is 11.8 Å². The molecular formula is C2H5ClN2. The number of halogens is 1. The van der Waals surface area contributed by atoms with Gasteiger partial charge in [-0.15, -0.1) is 0 Å². The highest BCUT2D eigenvalue weighted by atomic mass is 35.5. The number of nitrogens with two attached hydrogens (primary N) is 1. The van der Waals surface area contributed by atoms with Gasteiger partial charge in [0.1, 0.15) is 0 Å². The fraction of sp³-hybridized carbons (Fsp3) is 0. The molecule has 0 saturated carbocycles. The lowest BCUT2D eigenvalue weighted by Crippen LogP contribution is -1.48. The van der Waals surface area contributed by atoms with Gasteiger partial charge in [-0.2, -0.15) is 0 Å². The normalized spacial score (nSPS) is 2.80. The van der Waals surface area contributed by atoms with Crippen molar-refractivity contribution in [3.8, 4) is 0 Å². The van der Waals surface area contributed by atoms with E-state index < -0.39 is 0 Å². The van der Waals surface area contributed by atoms with Crippen molar-refractivity contribution >= 4 is 17.6 Å². The maximum Gasteiger partial charge on any atom is -0.0285 e. The van der Waals surface area contributed by atoms with Gasteiger partial charge in [-0.3, -0.25) is 5.41 Å². The Morgan fingerprint density at radius 2 is 1.80 bits per heavy atom. The fourth-order valence-electron chi connectivity index (χ4n) is 0. The van der Waals surface area contributed by atoms with E-state index in [4.69, 9.17) is 5.41 Å². The molecule has 0 bridgehead atoms. The minimum absolute atomic E-state index is 1.75. The zero-order valence-electron chi connectivity index (χ0n) is 2.66. The first kappa shape index (κ1) is 8.83. The number of hydrogen-bond donors (Lipinski definition) is 2. The molecule has 0 heterocycles. The Bertz CT molecular complexity index is 28.6. The number of rotatable bonds is 0. The summed E-state index contributed by atoms with van der Waals surface area (Å²) < 4.78 is 0. The summed E-state index contributed by atoms with van der Waals surface area (Å²) in [6.45, 7) is 2.90. The Kier molecular flexibility index (Phi) is 97.2. The minimum atomic E-state index is 1.75. The molecule has 30 valence electrons. The summed E-state index contributed by atoms with van der Waals surface area (Å²) in [5, 5.41) is 9.82. The van der Waals surface area contributed by atoms with Crippen molar-refractivity contribution in [2.45, 2.75) is 0 Å². The van der Waals surface area contributed by atoms with Crippen molar-refractivity contribution in [2.75, 3.05) is 0 Å². The largest absolute Gasteiger partial charge is 0.259 e. The topological polar surface area (TPSA) is 49.9 Å². The second-order valence-electron chi connectivity index (χ2n) is 0.177. The van der Waals surface area contributed by atoms with Gasteiger partial charge in [-0.05, 0) is 24.2 Å². The smallest absolute Gasteiger partial charge is 0.0285 e.